The van der Waals surface area contributed by atoms with Gasteiger partial charge in [0.2, 0.25) is 0 Å². The van der Waals surface area contributed by atoms with Gasteiger partial charge in [-0.2, -0.15) is 0 Å². The summed E-state index contributed by atoms with van der Waals surface area (Å²) in [6.45, 7) is 1.13. The summed E-state index contributed by atoms with van der Waals surface area (Å²) in [6, 6.07) is 8.94. The first kappa shape index (κ1) is 6.38. The minimum Gasteiger partial charge on any atom is -0.307 e. The number of benzene rings is 1. The van der Waals surface area contributed by atoms with Crippen molar-refractivity contribution in [1.82, 2.24) is 5.32 Å². The Balaban J connectivity index is 2.39. The smallest absolute Gasteiger partial charge is 0.0458 e. The maximum atomic E-state index is 3.50. The van der Waals surface area contributed by atoms with Crippen LogP contribution in [0.5, 0.6) is 0 Å². The molecule has 0 spiro atoms. The van der Waals surface area contributed by atoms with E-state index in [9.17, 15) is 0 Å². The van der Waals surface area contributed by atoms with Crippen LogP contribution in [0.3, 0.4) is 0 Å². The molecule has 0 radical (unpaired) electrons. The van der Waals surface area contributed by atoms with Crippen LogP contribution in [-0.4, -0.2) is 6.54 Å². The third-order valence-corrected chi connectivity index (χ3v) is 2.41. The van der Waals surface area contributed by atoms with E-state index in [1.807, 2.05) is 6.07 Å². The second-order valence-corrected chi connectivity index (χ2v) is 3.34. The monoisotopic (exact) mass is 197 g/mol. The van der Waals surface area contributed by atoms with E-state index in [0.29, 0.717) is 6.04 Å². The molecule has 0 saturated carbocycles. The van der Waals surface area contributed by atoms with Crippen molar-refractivity contribution in [1.29, 1.82) is 0 Å². The minimum absolute atomic E-state index is 0.607. The quantitative estimate of drug-likeness (QED) is 0.685. The van der Waals surface area contributed by atoms with Gasteiger partial charge in [-0.1, -0.05) is 34.1 Å². The molecule has 1 nitrogen and oxygen atoms in total. The lowest BCUT2D eigenvalue weighted by atomic mass is 10.2. The Morgan fingerprint density at radius 1 is 1.40 bits per heavy atom. The van der Waals surface area contributed by atoms with Crippen molar-refractivity contribution in [2.24, 2.45) is 0 Å². The van der Waals surface area contributed by atoms with Crippen LogP contribution in [-0.2, 0) is 0 Å². The molecule has 1 aromatic rings. The first-order valence-corrected chi connectivity index (χ1v) is 4.15. The fourth-order valence-electron chi connectivity index (χ4n) is 1.04. The average Bonchev–Trinajstić information content (AvgIpc) is 2.71. The van der Waals surface area contributed by atoms with Crippen LogP contribution in [0, 0.1) is 0 Å². The van der Waals surface area contributed by atoms with E-state index < -0.39 is 0 Å². The highest BCUT2D eigenvalue weighted by molar-refractivity contribution is 9.10. The van der Waals surface area contributed by atoms with Crippen LogP contribution < -0.4 is 5.32 Å². The second kappa shape index (κ2) is 2.36. The number of hydrogen-bond acceptors (Lipinski definition) is 1. The van der Waals surface area contributed by atoms with E-state index in [4.69, 9.17) is 0 Å². The maximum absolute atomic E-state index is 3.50. The van der Waals surface area contributed by atoms with E-state index in [-0.39, 0.29) is 0 Å². The Morgan fingerprint density at radius 2 is 2.10 bits per heavy atom. The van der Waals surface area contributed by atoms with Crippen molar-refractivity contribution in [3.05, 3.63) is 34.3 Å². The molecule has 0 amide bonds. The highest BCUT2D eigenvalue weighted by Gasteiger charge is 2.23. The van der Waals surface area contributed by atoms with Crippen molar-refractivity contribution in [3.63, 3.8) is 0 Å². The molecule has 52 valence electrons. The lowest BCUT2D eigenvalue weighted by molar-refractivity contribution is 1.07. The van der Waals surface area contributed by atoms with Gasteiger partial charge in [0, 0.05) is 17.1 Å². The zero-order chi connectivity index (χ0) is 6.97. The molecule has 2 rings (SSSR count). The van der Waals surface area contributed by atoms with E-state index in [1.54, 1.807) is 0 Å². The Kier molecular flexibility index (Phi) is 1.51. The molecule has 10 heavy (non-hydrogen) atoms. The van der Waals surface area contributed by atoms with Gasteiger partial charge in [0.1, 0.15) is 0 Å². The fraction of sp³-hybridized carbons (Fsp3) is 0.250. The third-order valence-electron chi connectivity index (χ3n) is 1.69. The van der Waals surface area contributed by atoms with Gasteiger partial charge in [0.15, 0.2) is 0 Å². The molecule has 0 aliphatic carbocycles. The zero-order valence-corrected chi connectivity index (χ0v) is 7.06. The van der Waals surface area contributed by atoms with Crippen molar-refractivity contribution in [2.75, 3.05) is 6.54 Å². The molecule has 1 N–H and O–H groups in total. The van der Waals surface area contributed by atoms with Crippen molar-refractivity contribution < 1.29 is 0 Å². The third kappa shape index (κ3) is 1.09. The summed E-state index contributed by atoms with van der Waals surface area (Å²) in [5.41, 5.74) is 1.38. The maximum Gasteiger partial charge on any atom is 0.0458 e. The predicted octanol–water partition coefficient (Wildman–Crippen LogP) is 2.09. The Hall–Kier alpha value is -0.340. The average molecular weight is 198 g/mol. The zero-order valence-electron chi connectivity index (χ0n) is 5.47. The molecule has 1 aromatic carbocycles. The lowest BCUT2D eigenvalue weighted by Gasteiger charge is -1.97. The van der Waals surface area contributed by atoms with Gasteiger partial charge in [-0.3, -0.25) is 0 Å². The summed E-state index contributed by atoms with van der Waals surface area (Å²) in [5.74, 6) is 0. The van der Waals surface area contributed by atoms with Crippen molar-refractivity contribution in [2.45, 2.75) is 6.04 Å². The number of rotatable bonds is 1. The van der Waals surface area contributed by atoms with Gasteiger partial charge >= 0.3 is 0 Å². The van der Waals surface area contributed by atoms with E-state index in [2.05, 4.69) is 39.4 Å². The topological polar surface area (TPSA) is 21.9 Å². The molecule has 0 bridgehead atoms. The predicted molar refractivity (Wildman–Crippen MR) is 44.9 cm³/mol. The standard InChI is InChI=1S/C8H8BrN/c9-7-4-2-1-3-6(7)8-5-10-8/h1-4,8,10H,5H2/t8-/m1/s1. The Labute approximate surface area is 68.6 Å². The summed E-state index contributed by atoms with van der Waals surface area (Å²) in [6.07, 6.45) is 0. The molecule has 1 heterocycles. The van der Waals surface area contributed by atoms with E-state index >= 15 is 0 Å². The molecule has 1 aliphatic rings. The minimum atomic E-state index is 0.607. The molecule has 1 aliphatic heterocycles. The normalized spacial score (nSPS) is 22.7. The van der Waals surface area contributed by atoms with Gasteiger partial charge in [0.25, 0.3) is 0 Å². The molecular weight excluding hydrogens is 190 g/mol. The number of halogens is 1. The van der Waals surface area contributed by atoms with Gasteiger partial charge in [-0.25, -0.2) is 0 Å². The van der Waals surface area contributed by atoms with Crippen molar-refractivity contribution in [3.8, 4) is 0 Å². The summed E-state index contributed by atoms with van der Waals surface area (Å²) < 4.78 is 1.21. The van der Waals surface area contributed by atoms with Crippen LogP contribution in [0.25, 0.3) is 0 Å². The van der Waals surface area contributed by atoms with Crippen LogP contribution in [0.15, 0.2) is 28.7 Å². The van der Waals surface area contributed by atoms with Crippen LogP contribution >= 0.6 is 15.9 Å². The first-order valence-electron chi connectivity index (χ1n) is 3.36. The van der Waals surface area contributed by atoms with Gasteiger partial charge in [0.05, 0.1) is 0 Å². The Morgan fingerprint density at radius 3 is 2.70 bits per heavy atom. The lowest BCUT2D eigenvalue weighted by Crippen LogP contribution is -1.84. The Bertz CT molecular complexity index is 243. The molecule has 1 atom stereocenters. The van der Waals surface area contributed by atoms with Gasteiger partial charge in [-0.15, -0.1) is 0 Å². The largest absolute Gasteiger partial charge is 0.307 e. The summed E-state index contributed by atoms with van der Waals surface area (Å²) in [4.78, 5) is 0. The van der Waals surface area contributed by atoms with Crippen LogP contribution in [0.1, 0.15) is 11.6 Å². The second-order valence-electron chi connectivity index (χ2n) is 2.48. The van der Waals surface area contributed by atoms with Crippen molar-refractivity contribution >= 4 is 15.9 Å². The summed E-state index contributed by atoms with van der Waals surface area (Å²) >= 11 is 3.50. The SMILES string of the molecule is Brc1ccccc1[C@H]1CN1. The van der Waals surface area contributed by atoms with E-state index in [0.717, 1.165) is 6.54 Å². The van der Waals surface area contributed by atoms with Crippen LogP contribution in [0.4, 0.5) is 0 Å². The molecular formula is C8H8BrN. The summed E-state index contributed by atoms with van der Waals surface area (Å²) in [5, 5.41) is 3.26. The summed E-state index contributed by atoms with van der Waals surface area (Å²) in [7, 11) is 0. The molecule has 1 saturated heterocycles. The molecule has 0 unspecified atom stereocenters. The van der Waals surface area contributed by atoms with E-state index in [1.165, 1.54) is 10.0 Å². The first-order chi connectivity index (χ1) is 4.88. The van der Waals surface area contributed by atoms with Crippen LogP contribution in [0.2, 0.25) is 0 Å². The molecule has 0 aromatic heterocycles. The van der Waals surface area contributed by atoms with Gasteiger partial charge < -0.3 is 5.32 Å². The molecule has 2 heteroatoms. The van der Waals surface area contributed by atoms with Gasteiger partial charge in [-0.05, 0) is 11.6 Å². The number of hydrogen-bond donors (Lipinski definition) is 1. The molecule has 1 fully saturated rings. The highest BCUT2D eigenvalue weighted by Crippen LogP contribution is 2.28. The fourth-order valence-corrected chi connectivity index (χ4v) is 1.60. The highest BCUT2D eigenvalue weighted by atomic mass is 79.9. The number of nitrogens with one attached hydrogen (secondary N) is 1.